The molecule has 0 N–H and O–H groups in total. The van der Waals surface area contributed by atoms with Crippen LogP contribution in [0, 0.1) is 10.1 Å². The molecule has 1 heterocycles. The Hall–Kier alpha value is -2.45. The molecule has 0 spiro atoms. The number of halogens is 2. The number of carbonyl (C=O) groups is 1. The molecule has 1 atom stereocenters. The number of nitro groups is 1. The predicted molar refractivity (Wildman–Crippen MR) is 78.8 cm³/mol. The summed E-state index contributed by atoms with van der Waals surface area (Å²) < 4.78 is 29.2. The minimum Gasteiger partial charge on any atom is -0.427 e. The molecule has 0 unspecified atom stereocenters. The monoisotopic (exact) mass is 329 g/mol. The van der Waals surface area contributed by atoms with Crippen molar-refractivity contribution in [2.24, 2.45) is 0 Å². The minimum absolute atomic E-state index is 0.0998. The van der Waals surface area contributed by atoms with E-state index < -0.39 is 29.0 Å². The molecule has 23 heavy (non-hydrogen) atoms. The second-order valence-electron chi connectivity index (χ2n) is 5.37. The Kier molecular flexibility index (Phi) is 4.97. The summed E-state index contributed by atoms with van der Waals surface area (Å²) in [6.07, 6.45) is 1.41. The fraction of sp³-hybridized carbons (Fsp3) is 0.500. The van der Waals surface area contributed by atoms with E-state index in [-0.39, 0.29) is 5.91 Å². The van der Waals surface area contributed by atoms with Crippen LogP contribution in [-0.4, -0.2) is 49.0 Å². The number of hydrogen-bond donors (Lipinski definition) is 0. The molecule has 1 fully saturated rings. The third-order valence-corrected chi connectivity index (χ3v) is 3.67. The lowest BCUT2D eigenvalue weighted by atomic mass is 10.1. The number of carbonyl (C=O) groups excluding carboxylic acids is 1. The fourth-order valence-corrected chi connectivity index (χ4v) is 2.65. The number of rotatable bonds is 5. The molecule has 1 saturated heterocycles. The highest BCUT2D eigenvalue weighted by Gasteiger charge is 2.33. The van der Waals surface area contributed by atoms with Gasteiger partial charge in [0.15, 0.2) is 0 Å². The summed E-state index contributed by atoms with van der Waals surface area (Å²) in [5.41, 5.74) is -0.0901. The van der Waals surface area contributed by atoms with Crippen molar-refractivity contribution in [2.75, 3.05) is 25.5 Å². The zero-order valence-electron chi connectivity index (χ0n) is 12.7. The molecular formula is C14H17F2N3O4. The normalized spacial score (nSPS) is 17.4. The van der Waals surface area contributed by atoms with Crippen LogP contribution in [0.25, 0.3) is 0 Å². The number of anilines is 1. The van der Waals surface area contributed by atoms with Gasteiger partial charge in [-0.15, -0.1) is 0 Å². The minimum atomic E-state index is -3.17. The lowest BCUT2D eigenvalue weighted by Gasteiger charge is -2.28. The number of alkyl halides is 2. The highest BCUT2D eigenvalue weighted by Crippen LogP contribution is 2.35. The molecule has 1 aromatic carbocycles. The standard InChI is InChI=1S/C14H17F2N3O4/c1-17(2)13(20)11-4-3-7-18(11)9-5-6-10(19(21)22)12(8-9)23-14(15)16/h5-6,8,11,14H,3-4,7H2,1-2H3/t11-/m1/s1. The van der Waals surface area contributed by atoms with Crippen LogP contribution in [0.4, 0.5) is 20.2 Å². The third kappa shape index (κ3) is 3.66. The zero-order chi connectivity index (χ0) is 17.1. The van der Waals surface area contributed by atoms with E-state index in [1.165, 1.54) is 17.0 Å². The van der Waals surface area contributed by atoms with Crippen molar-refractivity contribution in [2.45, 2.75) is 25.5 Å². The van der Waals surface area contributed by atoms with Crippen LogP contribution in [-0.2, 0) is 4.79 Å². The van der Waals surface area contributed by atoms with Gasteiger partial charge in [0.2, 0.25) is 11.7 Å². The molecule has 1 amide bonds. The topological polar surface area (TPSA) is 75.9 Å². The molecule has 1 aromatic rings. The average Bonchev–Trinajstić information content (AvgIpc) is 2.94. The maximum atomic E-state index is 12.5. The largest absolute Gasteiger partial charge is 0.427 e. The SMILES string of the molecule is CN(C)C(=O)[C@H]1CCCN1c1ccc([N+](=O)[O-])c(OC(F)F)c1. The predicted octanol–water partition coefficient (Wildman–Crippen LogP) is 2.25. The van der Waals surface area contributed by atoms with Crippen LogP contribution in [0.2, 0.25) is 0 Å². The van der Waals surface area contributed by atoms with Crippen LogP contribution in [0.1, 0.15) is 12.8 Å². The van der Waals surface area contributed by atoms with Gasteiger partial charge in [-0.05, 0) is 18.9 Å². The van der Waals surface area contributed by atoms with E-state index in [0.717, 1.165) is 12.5 Å². The van der Waals surface area contributed by atoms with Gasteiger partial charge in [0, 0.05) is 38.5 Å². The van der Waals surface area contributed by atoms with Crippen molar-refractivity contribution in [1.29, 1.82) is 0 Å². The van der Waals surface area contributed by atoms with Crippen LogP contribution in [0.5, 0.6) is 5.75 Å². The van der Waals surface area contributed by atoms with Gasteiger partial charge in [0.05, 0.1) is 4.92 Å². The fourth-order valence-electron chi connectivity index (χ4n) is 2.65. The molecule has 126 valence electrons. The summed E-state index contributed by atoms with van der Waals surface area (Å²) in [6, 6.07) is 3.33. The van der Waals surface area contributed by atoms with Crippen molar-refractivity contribution < 1.29 is 23.2 Å². The van der Waals surface area contributed by atoms with E-state index in [4.69, 9.17) is 0 Å². The molecule has 0 radical (unpaired) electrons. The van der Waals surface area contributed by atoms with Crippen LogP contribution in [0.15, 0.2) is 18.2 Å². The molecular weight excluding hydrogens is 312 g/mol. The molecule has 0 aliphatic carbocycles. The molecule has 1 aliphatic rings. The maximum absolute atomic E-state index is 12.5. The smallest absolute Gasteiger partial charge is 0.387 e. The summed E-state index contributed by atoms with van der Waals surface area (Å²) in [4.78, 5) is 25.5. The number of likely N-dealkylation sites (N-methyl/N-ethyl adjacent to an activating group) is 1. The van der Waals surface area contributed by atoms with Gasteiger partial charge < -0.3 is 14.5 Å². The van der Waals surface area contributed by atoms with Crippen LogP contribution >= 0.6 is 0 Å². The second kappa shape index (κ2) is 6.76. The summed E-state index contributed by atoms with van der Waals surface area (Å²) in [5.74, 6) is -0.609. The highest BCUT2D eigenvalue weighted by molar-refractivity contribution is 5.85. The molecule has 0 bridgehead atoms. The van der Waals surface area contributed by atoms with Gasteiger partial charge >= 0.3 is 12.3 Å². The first-order valence-electron chi connectivity index (χ1n) is 7.02. The Morgan fingerprint density at radius 2 is 2.17 bits per heavy atom. The molecule has 2 rings (SSSR count). The second-order valence-corrected chi connectivity index (χ2v) is 5.37. The third-order valence-electron chi connectivity index (χ3n) is 3.67. The molecule has 7 nitrogen and oxygen atoms in total. The van der Waals surface area contributed by atoms with Gasteiger partial charge in [-0.1, -0.05) is 0 Å². The lowest BCUT2D eigenvalue weighted by Crippen LogP contribution is -2.42. The van der Waals surface area contributed by atoms with Crippen molar-refractivity contribution in [3.8, 4) is 5.75 Å². The van der Waals surface area contributed by atoms with E-state index in [1.807, 2.05) is 0 Å². The summed E-state index contributed by atoms with van der Waals surface area (Å²) in [7, 11) is 3.28. The maximum Gasteiger partial charge on any atom is 0.387 e. The Morgan fingerprint density at radius 1 is 1.48 bits per heavy atom. The Labute approximate surface area is 131 Å². The average molecular weight is 329 g/mol. The highest BCUT2D eigenvalue weighted by atomic mass is 19.3. The summed E-state index contributed by atoms with van der Waals surface area (Å²) in [6.45, 7) is -2.60. The summed E-state index contributed by atoms with van der Waals surface area (Å²) in [5, 5.41) is 10.9. The lowest BCUT2D eigenvalue weighted by molar-refractivity contribution is -0.386. The van der Waals surface area contributed by atoms with Crippen molar-refractivity contribution >= 4 is 17.3 Å². The van der Waals surface area contributed by atoms with E-state index in [0.29, 0.717) is 18.7 Å². The number of ether oxygens (including phenoxy) is 1. The summed E-state index contributed by atoms with van der Waals surface area (Å²) >= 11 is 0. The molecule has 1 aliphatic heterocycles. The van der Waals surface area contributed by atoms with Crippen molar-refractivity contribution in [3.63, 3.8) is 0 Å². The van der Waals surface area contributed by atoms with Gasteiger partial charge in [-0.3, -0.25) is 14.9 Å². The first kappa shape index (κ1) is 16.9. The molecule has 9 heteroatoms. The first-order chi connectivity index (χ1) is 10.8. The quantitative estimate of drug-likeness (QED) is 0.612. The Morgan fingerprint density at radius 3 is 2.74 bits per heavy atom. The number of benzene rings is 1. The van der Waals surface area contributed by atoms with Gasteiger partial charge in [-0.2, -0.15) is 8.78 Å². The van der Waals surface area contributed by atoms with E-state index >= 15 is 0 Å². The van der Waals surface area contributed by atoms with E-state index in [2.05, 4.69) is 4.74 Å². The van der Waals surface area contributed by atoms with Crippen molar-refractivity contribution in [3.05, 3.63) is 28.3 Å². The number of nitro benzene ring substituents is 1. The Balaban J connectivity index is 2.35. The molecule has 0 aromatic heterocycles. The van der Waals surface area contributed by atoms with Crippen molar-refractivity contribution in [1.82, 2.24) is 4.90 Å². The van der Waals surface area contributed by atoms with E-state index in [1.54, 1.807) is 19.0 Å². The van der Waals surface area contributed by atoms with Crippen LogP contribution < -0.4 is 9.64 Å². The first-order valence-corrected chi connectivity index (χ1v) is 7.02. The van der Waals surface area contributed by atoms with Gasteiger partial charge in [0.25, 0.3) is 0 Å². The molecule has 0 saturated carbocycles. The van der Waals surface area contributed by atoms with Gasteiger partial charge in [-0.25, -0.2) is 0 Å². The van der Waals surface area contributed by atoms with Gasteiger partial charge in [0.1, 0.15) is 6.04 Å². The number of nitrogens with zero attached hydrogens (tertiary/aromatic N) is 3. The zero-order valence-corrected chi connectivity index (χ0v) is 12.7. The number of amides is 1. The van der Waals surface area contributed by atoms with Crippen LogP contribution in [0.3, 0.4) is 0 Å². The van der Waals surface area contributed by atoms with E-state index in [9.17, 15) is 23.7 Å². The Bertz CT molecular complexity index is 610. The number of hydrogen-bond acceptors (Lipinski definition) is 5.